The van der Waals surface area contributed by atoms with E-state index in [1.807, 2.05) is 18.2 Å². The molecule has 0 spiro atoms. The lowest BCUT2D eigenvalue weighted by molar-refractivity contribution is -0.132. The molecule has 5 heteroatoms. The summed E-state index contributed by atoms with van der Waals surface area (Å²) in [4.78, 5) is 12.1. The third-order valence-electron chi connectivity index (χ3n) is 4.09. The second-order valence-corrected chi connectivity index (χ2v) is 6.12. The summed E-state index contributed by atoms with van der Waals surface area (Å²) in [6, 6.07) is 3.88. The van der Waals surface area contributed by atoms with Gasteiger partial charge >= 0.3 is 0 Å². The normalized spacial score (nSPS) is 14.8. The number of hydrogen-bond donors (Lipinski definition) is 1. The Morgan fingerprint density at radius 1 is 1.38 bits per heavy atom. The maximum atomic E-state index is 12.1. The van der Waals surface area contributed by atoms with E-state index >= 15 is 0 Å². The Labute approximate surface area is 144 Å². The van der Waals surface area contributed by atoms with Gasteiger partial charge in [-0.05, 0) is 49.8 Å². The Hall–Kier alpha value is -2.01. The molecule has 1 atom stereocenters. The highest BCUT2D eigenvalue weighted by Crippen LogP contribution is 2.33. The zero-order valence-corrected chi connectivity index (χ0v) is 14.8. The quantitative estimate of drug-likeness (QED) is 0.669. The highest BCUT2D eigenvalue weighted by Gasteiger charge is 2.24. The number of nitrogens with one attached hydrogen (secondary N) is 1. The smallest absolute Gasteiger partial charge is 0.249 e. The van der Waals surface area contributed by atoms with Gasteiger partial charge < -0.3 is 19.5 Å². The van der Waals surface area contributed by atoms with Crippen molar-refractivity contribution in [3.05, 3.63) is 35.9 Å². The van der Waals surface area contributed by atoms with E-state index in [-0.39, 0.29) is 5.91 Å². The van der Waals surface area contributed by atoms with Crippen LogP contribution in [0.4, 0.5) is 0 Å². The van der Waals surface area contributed by atoms with Gasteiger partial charge in [0.25, 0.3) is 0 Å². The lowest BCUT2D eigenvalue weighted by atomic mass is 10.1. The van der Waals surface area contributed by atoms with E-state index in [0.29, 0.717) is 37.0 Å². The first-order valence-electron chi connectivity index (χ1n) is 8.33. The first kappa shape index (κ1) is 18.3. The Morgan fingerprint density at radius 2 is 2.12 bits per heavy atom. The summed E-state index contributed by atoms with van der Waals surface area (Å²) in [5.41, 5.74) is 1.93. The van der Waals surface area contributed by atoms with Crippen molar-refractivity contribution in [2.75, 3.05) is 20.8 Å². The zero-order valence-electron chi connectivity index (χ0n) is 14.8. The molecule has 2 rings (SSSR count). The van der Waals surface area contributed by atoms with E-state index in [1.54, 1.807) is 21.1 Å². The van der Waals surface area contributed by atoms with Crippen molar-refractivity contribution in [3.63, 3.8) is 0 Å². The predicted molar refractivity (Wildman–Crippen MR) is 93.4 cm³/mol. The molecule has 132 valence electrons. The van der Waals surface area contributed by atoms with Gasteiger partial charge in [-0.15, -0.1) is 6.58 Å². The molecule has 0 aliphatic heterocycles. The summed E-state index contributed by atoms with van der Waals surface area (Å²) in [6.07, 6.45) is 4.48. The third-order valence-corrected chi connectivity index (χ3v) is 4.09. The maximum Gasteiger partial charge on any atom is 0.249 e. The molecule has 1 N–H and O–H groups in total. The van der Waals surface area contributed by atoms with E-state index in [4.69, 9.17) is 14.2 Å². The van der Waals surface area contributed by atoms with Gasteiger partial charge in [0.1, 0.15) is 6.10 Å². The molecular formula is C19H27NO4. The van der Waals surface area contributed by atoms with Gasteiger partial charge in [0.2, 0.25) is 5.91 Å². The van der Waals surface area contributed by atoms with Crippen molar-refractivity contribution in [1.29, 1.82) is 0 Å². The fraction of sp³-hybridized carbons (Fsp3) is 0.526. The van der Waals surface area contributed by atoms with Gasteiger partial charge in [0, 0.05) is 12.1 Å². The van der Waals surface area contributed by atoms with E-state index in [0.717, 1.165) is 11.1 Å². The minimum atomic E-state index is -0.432. The number of ether oxygens (including phenoxy) is 3. The Bertz CT molecular complexity index is 581. The van der Waals surface area contributed by atoms with Gasteiger partial charge in [-0.3, -0.25) is 4.79 Å². The van der Waals surface area contributed by atoms with Crippen LogP contribution in [0.1, 0.15) is 30.9 Å². The first-order chi connectivity index (χ1) is 11.6. The van der Waals surface area contributed by atoms with Crippen molar-refractivity contribution in [1.82, 2.24) is 5.32 Å². The second kappa shape index (κ2) is 8.73. The van der Waals surface area contributed by atoms with Crippen LogP contribution in [-0.4, -0.2) is 32.8 Å². The number of carbonyl (C=O) groups excluding carboxylic acids is 1. The third kappa shape index (κ3) is 4.99. The van der Waals surface area contributed by atoms with E-state index in [2.05, 4.69) is 11.9 Å². The van der Waals surface area contributed by atoms with Crippen molar-refractivity contribution in [2.24, 2.45) is 5.92 Å². The summed E-state index contributed by atoms with van der Waals surface area (Å²) >= 11 is 0. The van der Waals surface area contributed by atoms with Crippen LogP contribution in [0.5, 0.6) is 11.5 Å². The second-order valence-electron chi connectivity index (χ2n) is 6.12. The molecule has 1 aromatic rings. The Kier molecular flexibility index (Phi) is 6.67. The predicted octanol–water partition coefficient (Wildman–Crippen LogP) is 2.86. The molecule has 0 radical (unpaired) electrons. The number of carbonyl (C=O) groups is 1. The van der Waals surface area contributed by atoms with Gasteiger partial charge in [0.15, 0.2) is 11.5 Å². The molecule has 1 aliphatic rings. The fourth-order valence-electron chi connectivity index (χ4n) is 2.49. The molecule has 0 bridgehead atoms. The van der Waals surface area contributed by atoms with Gasteiger partial charge in [-0.2, -0.15) is 0 Å². The molecule has 24 heavy (non-hydrogen) atoms. The topological polar surface area (TPSA) is 56.8 Å². The molecule has 1 aromatic carbocycles. The summed E-state index contributed by atoms with van der Waals surface area (Å²) in [6.45, 7) is 6.65. The van der Waals surface area contributed by atoms with E-state index in [9.17, 15) is 4.79 Å². The molecular weight excluding hydrogens is 306 g/mol. The molecule has 1 saturated carbocycles. The number of benzene rings is 1. The Balaban J connectivity index is 1.98. The zero-order chi connectivity index (χ0) is 17.5. The minimum Gasteiger partial charge on any atom is -0.493 e. The number of amides is 1. The minimum absolute atomic E-state index is 0.101. The SMILES string of the molecule is C=CCc1cc(CNC(=O)[C@H](C)OCC2CC2)cc(OC)c1OC. The summed E-state index contributed by atoms with van der Waals surface area (Å²) in [5.74, 6) is 1.90. The lowest BCUT2D eigenvalue weighted by Crippen LogP contribution is -2.34. The van der Waals surface area contributed by atoms with Crippen molar-refractivity contribution in [2.45, 2.75) is 38.8 Å². The van der Waals surface area contributed by atoms with Gasteiger partial charge in [0.05, 0.1) is 20.8 Å². The molecule has 0 unspecified atom stereocenters. The van der Waals surface area contributed by atoms with Gasteiger partial charge in [-0.25, -0.2) is 0 Å². The highest BCUT2D eigenvalue weighted by atomic mass is 16.5. The Morgan fingerprint density at radius 3 is 2.71 bits per heavy atom. The summed E-state index contributed by atoms with van der Waals surface area (Å²) in [7, 11) is 3.22. The summed E-state index contributed by atoms with van der Waals surface area (Å²) < 4.78 is 16.4. The average molecular weight is 333 g/mol. The molecule has 5 nitrogen and oxygen atoms in total. The van der Waals surface area contributed by atoms with Crippen LogP contribution in [-0.2, 0) is 22.5 Å². The van der Waals surface area contributed by atoms with Crippen LogP contribution in [0.2, 0.25) is 0 Å². The average Bonchev–Trinajstić information content (AvgIpc) is 3.41. The monoisotopic (exact) mass is 333 g/mol. The van der Waals surface area contributed by atoms with Crippen LogP contribution in [0, 0.1) is 5.92 Å². The van der Waals surface area contributed by atoms with Crippen LogP contribution in [0.25, 0.3) is 0 Å². The van der Waals surface area contributed by atoms with Gasteiger partial charge in [-0.1, -0.05) is 6.08 Å². The number of hydrogen-bond acceptors (Lipinski definition) is 4. The van der Waals surface area contributed by atoms with Crippen molar-refractivity contribution in [3.8, 4) is 11.5 Å². The van der Waals surface area contributed by atoms with E-state index in [1.165, 1.54) is 12.8 Å². The lowest BCUT2D eigenvalue weighted by Gasteiger charge is -2.16. The molecule has 0 saturated heterocycles. The number of allylic oxidation sites excluding steroid dienone is 1. The van der Waals surface area contributed by atoms with Crippen LogP contribution in [0.15, 0.2) is 24.8 Å². The molecule has 1 fully saturated rings. The number of rotatable bonds is 10. The highest BCUT2D eigenvalue weighted by molar-refractivity contribution is 5.80. The molecule has 1 aliphatic carbocycles. The van der Waals surface area contributed by atoms with Crippen LogP contribution in [0.3, 0.4) is 0 Å². The molecule has 0 aromatic heterocycles. The van der Waals surface area contributed by atoms with Crippen LogP contribution >= 0.6 is 0 Å². The standard InChI is InChI=1S/C19H27NO4/c1-5-6-16-9-15(10-17(22-3)18(16)23-4)11-20-19(21)13(2)24-12-14-7-8-14/h5,9-10,13-14H,1,6-8,11-12H2,2-4H3,(H,20,21)/t13-/m0/s1. The maximum absolute atomic E-state index is 12.1. The summed E-state index contributed by atoms with van der Waals surface area (Å²) in [5, 5.41) is 2.91. The number of methoxy groups -OCH3 is 2. The van der Waals surface area contributed by atoms with E-state index < -0.39 is 6.10 Å². The fourth-order valence-corrected chi connectivity index (χ4v) is 2.49. The molecule has 0 heterocycles. The van der Waals surface area contributed by atoms with Crippen molar-refractivity contribution < 1.29 is 19.0 Å². The molecule has 1 amide bonds. The first-order valence-corrected chi connectivity index (χ1v) is 8.33. The largest absolute Gasteiger partial charge is 0.493 e. The van der Waals surface area contributed by atoms with Crippen molar-refractivity contribution >= 4 is 5.91 Å². The van der Waals surface area contributed by atoms with Crippen LogP contribution < -0.4 is 14.8 Å².